The zero-order valence-corrected chi connectivity index (χ0v) is 20.1. The summed E-state index contributed by atoms with van der Waals surface area (Å²) in [7, 11) is 1.92. The van der Waals surface area contributed by atoms with Gasteiger partial charge in [-0.25, -0.2) is 0 Å². The van der Waals surface area contributed by atoms with Gasteiger partial charge < -0.3 is 5.32 Å². The molecule has 1 saturated carbocycles. The van der Waals surface area contributed by atoms with Crippen LogP contribution in [0.4, 0.5) is 5.00 Å². The number of benzene rings is 1. The lowest BCUT2D eigenvalue weighted by atomic mass is 10.0. The summed E-state index contributed by atoms with van der Waals surface area (Å²) in [6, 6.07) is 12.2. The molecular formula is C24H26ClN5OS. The van der Waals surface area contributed by atoms with E-state index in [-0.39, 0.29) is 24.2 Å². The molecule has 1 aliphatic rings. The summed E-state index contributed by atoms with van der Waals surface area (Å²) in [5.74, 6) is 0.935. The van der Waals surface area contributed by atoms with Gasteiger partial charge in [0, 0.05) is 35.8 Å². The summed E-state index contributed by atoms with van der Waals surface area (Å²) in [6.07, 6.45) is 2.95. The number of rotatable bonds is 5. The number of aryl methyl sites for hydroxylation is 1. The third-order valence-corrected chi connectivity index (χ3v) is 6.65. The maximum absolute atomic E-state index is 12.7. The van der Waals surface area contributed by atoms with Crippen molar-refractivity contribution in [1.29, 1.82) is 0 Å². The van der Waals surface area contributed by atoms with E-state index in [1.165, 1.54) is 11.5 Å². The Morgan fingerprint density at radius 1 is 1.25 bits per heavy atom. The first-order chi connectivity index (χ1) is 14.9. The fraction of sp³-hybridized carbons (Fsp3) is 0.333. The van der Waals surface area contributed by atoms with E-state index in [9.17, 15) is 4.79 Å². The molecular weight excluding hydrogens is 442 g/mol. The van der Waals surface area contributed by atoms with Crippen molar-refractivity contribution in [1.82, 2.24) is 19.1 Å². The fourth-order valence-electron chi connectivity index (χ4n) is 3.91. The van der Waals surface area contributed by atoms with E-state index in [0.29, 0.717) is 11.8 Å². The number of anilines is 1. The predicted octanol–water partition coefficient (Wildman–Crippen LogP) is 5.90. The van der Waals surface area contributed by atoms with Crippen LogP contribution in [0.3, 0.4) is 0 Å². The van der Waals surface area contributed by atoms with Crippen LogP contribution in [0.1, 0.15) is 38.8 Å². The maximum Gasteiger partial charge on any atom is 0.228 e. The Morgan fingerprint density at radius 2 is 2.03 bits per heavy atom. The molecule has 0 unspecified atom stereocenters. The highest BCUT2D eigenvalue weighted by molar-refractivity contribution is 7.11. The van der Waals surface area contributed by atoms with Crippen LogP contribution in [0.2, 0.25) is 0 Å². The number of hydrogen-bond acceptors (Lipinski definition) is 5. The Kier molecular flexibility index (Phi) is 6.05. The van der Waals surface area contributed by atoms with Crippen molar-refractivity contribution in [3.63, 3.8) is 0 Å². The number of nitrogens with zero attached hydrogens (tertiary/aromatic N) is 4. The van der Waals surface area contributed by atoms with Gasteiger partial charge >= 0.3 is 0 Å². The van der Waals surface area contributed by atoms with E-state index in [2.05, 4.69) is 37.3 Å². The maximum atomic E-state index is 12.7. The van der Waals surface area contributed by atoms with Crippen LogP contribution >= 0.6 is 23.9 Å². The zero-order valence-electron chi connectivity index (χ0n) is 18.5. The minimum Gasteiger partial charge on any atom is -0.316 e. The molecule has 3 heterocycles. The Bertz CT molecular complexity index is 1290. The lowest BCUT2D eigenvalue weighted by Crippen LogP contribution is -2.14. The van der Waals surface area contributed by atoms with Crippen molar-refractivity contribution < 1.29 is 4.79 Å². The second-order valence-corrected chi connectivity index (χ2v) is 9.50. The van der Waals surface area contributed by atoms with Crippen molar-refractivity contribution in [3.8, 4) is 22.5 Å². The molecule has 32 heavy (non-hydrogen) atoms. The van der Waals surface area contributed by atoms with E-state index in [1.54, 1.807) is 0 Å². The van der Waals surface area contributed by atoms with Gasteiger partial charge in [-0.2, -0.15) is 9.47 Å². The average molecular weight is 468 g/mol. The molecule has 1 aliphatic carbocycles. The number of halogens is 1. The first kappa shape index (κ1) is 22.4. The number of amides is 1. The monoisotopic (exact) mass is 467 g/mol. The molecule has 166 valence electrons. The average Bonchev–Trinajstić information content (AvgIpc) is 3.16. The molecule has 1 amide bonds. The number of nitrogens with one attached hydrogen (secondary N) is 1. The quantitative estimate of drug-likeness (QED) is 0.396. The van der Waals surface area contributed by atoms with Crippen LogP contribution in [0, 0.1) is 11.8 Å². The second kappa shape index (κ2) is 8.64. The van der Waals surface area contributed by atoms with Gasteiger partial charge in [0.1, 0.15) is 5.00 Å². The summed E-state index contributed by atoms with van der Waals surface area (Å²) < 4.78 is 6.57. The van der Waals surface area contributed by atoms with Gasteiger partial charge in [0.2, 0.25) is 5.91 Å². The Labute approximate surface area is 197 Å². The Hall–Kier alpha value is -2.77. The molecule has 1 fully saturated rings. The topological polar surface area (TPSA) is 72.7 Å². The van der Waals surface area contributed by atoms with Crippen molar-refractivity contribution in [2.75, 3.05) is 5.32 Å². The van der Waals surface area contributed by atoms with Crippen LogP contribution in [-0.2, 0) is 11.8 Å². The number of carbonyl (C=O) groups is 1. The van der Waals surface area contributed by atoms with E-state index in [0.717, 1.165) is 50.5 Å². The minimum absolute atomic E-state index is 0. The molecule has 0 spiro atoms. The zero-order chi connectivity index (χ0) is 21.7. The summed E-state index contributed by atoms with van der Waals surface area (Å²) in [6.45, 7) is 6.37. The van der Waals surface area contributed by atoms with Crippen LogP contribution in [0.25, 0.3) is 33.4 Å². The van der Waals surface area contributed by atoms with Crippen LogP contribution < -0.4 is 5.32 Å². The highest BCUT2D eigenvalue weighted by Gasteiger charge is 2.39. The van der Waals surface area contributed by atoms with Gasteiger partial charge in [-0.3, -0.25) is 14.5 Å². The molecule has 1 N–H and O–H groups in total. The fourth-order valence-corrected chi connectivity index (χ4v) is 4.73. The van der Waals surface area contributed by atoms with Gasteiger partial charge in [-0.05, 0) is 54.1 Å². The molecule has 0 bridgehead atoms. The van der Waals surface area contributed by atoms with E-state index in [1.807, 2.05) is 48.3 Å². The van der Waals surface area contributed by atoms with Gasteiger partial charge in [-0.15, -0.1) is 12.4 Å². The van der Waals surface area contributed by atoms with Gasteiger partial charge in [-0.1, -0.05) is 32.9 Å². The smallest absolute Gasteiger partial charge is 0.228 e. The summed E-state index contributed by atoms with van der Waals surface area (Å²) >= 11 is 1.32. The summed E-state index contributed by atoms with van der Waals surface area (Å²) in [4.78, 5) is 17.6. The molecule has 8 heteroatoms. The third kappa shape index (κ3) is 4.14. The van der Waals surface area contributed by atoms with Crippen molar-refractivity contribution >= 4 is 45.8 Å². The van der Waals surface area contributed by atoms with Crippen molar-refractivity contribution in [2.24, 2.45) is 18.9 Å². The SMILES string of the molecule is CC(C)c1cccc(-c2c(-c3ccc4nn(C)cc4c3)nsc2NC(=O)[C@@H]2C[C@H]2C)n1.Cl. The van der Waals surface area contributed by atoms with Gasteiger partial charge in [0.15, 0.2) is 0 Å². The molecule has 3 aromatic heterocycles. The molecule has 2 atom stereocenters. The van der Waals surface area contributed by atoms with E-state index >= 15 is 0 Å². The van der Waals surface area contributed by atoms with Crippen molar-refractivity contribution in [2.45, 2.75) is 33.1 Å². The number of fused-ring (bicyclic) bond motifs is 1. The lowest BCUT2D eigenvalue weighted by Gasteiger charge is -2.10. The molecule has 5 rings (SSSR count). The lowest BCUT2D eigenvalue weighted by molar-refractivity contribution is -0.117. The molecule has 1 aromatic carbocycles. The minimum atomic E-state index is 0. The summed E-state index contributed by atoms with van der Waals surface area (Å²) in [5.41, 5.74) is 5.51. The van der Waals surface area contributed by atoms with E-state index < -0.39 is 0 Å². The van der Waals surface area contributed by atoms with Gasteiger partial charge in [0.05, 0.1) is 22.5 Å². The third-order valence-electron chi connectivity index (χ3n) is 5.89. The number of hydrogen-bond donors (Lipinski definition) is 1. The second-order valence-electron chi connectivity index (χ2n) is 8.72. The number of pyridine rings is 1. The largest absolute Gasteiger partial charge is 0.316 e. The normalized spacial score (nSPS) is 17.4. The standard InChI is InChI=1S/C24H25N5OS.ClH/c1-13(2)18-6-5-7-20(25-18)21-22(15-8-9-19-16(11-15)12-29(4)27-19)28-31-24(21)26-23(30)17-10-14(17)3;/h5-9,11-14,17H,10H2,1-4H3,(H,26,30);1H/t14-,17-;/m1./s1. The number of carbonyl (C=O) groups excluding carboxylic acids is 1. The molecule has 6 nitrogen and oxygen atoms in total. The van der Waals surface area contributed by atoms with Crippen LogP contribution in [-0.4, -0.2) is 25.0 Å². The van der Waals surface area contributed by atoms with Gasteiger partial charge in [0.25, 0.3) is 0 Å². The molecule has 0 radical (unpaired) electrons. The molecule has 0 aliphatic heterocycles. The molecule has 4 aromatic rings. The highest BCUT2D eigenvalue weighted by atomic mass is 35.5. The first-order valence-electron chi connectivity index (χ1n) is 10.6. The van der Waals surface area contributed by atoms with Crippen molar-refractivity contribution in [3.05, 3.63) is 48.3 Å². The summed E-state index contributed by atoms with van der Waals surface area (Å²) in [5, 5.41) is 9.43. The highest BCUT2D eigenvalue weighted by Crippen LogP contribution is 2.43. The first-order valence-corrected chi connectivity index (χ1v) is 11.4. The Balaban J connectivity index is 0.00000245. The molecule has 0 saturated heterocycles. The van der Waals surface area contributed by atoms with E-state index in [4.69, 9.17) is 9.36 Å². The predicted molar refractivity (Wildman–Crippen MR) is 132 cm³/mol. The van der Waals surface area contributed by atoms with Crippen LogP contribution in [0.15, 0.2) is 42.6 Å². The Morgan fingerprint density at radius 3 is 2.75 bits per heavy atom. The number of aromatic nitrogens is 4. The van der Waals surface area contributed by atoms with Crippen LogP contribution in [0.5, 0.6) is 0 Å².